The predicted octanol–water partition coefficient (Wildman–Crippen LogP) is 3.34. The van der Waals surface area contributed by atoms with E-state index in [4.69, 9.17) is 4.74 Å². The highest BCUT2D eigenvalue weighted by Crippen LogP contribution is 2.51. The molecule has 2 atom stereocenters. The molecule has 3 nitrogen and oxygen atoms in total. The molecule has 0 heterocycles. The smallest absolute Gasteiger partial charge is 0.302 e. The van der Waals surface area contributed by atoms with E-state index in [2.05, 4.69) is 6.58 Å². The Morgan fingerprint density at radius 3 is 2.84 bits per heavy atom. The third-order valence-electron chi connectivity index (χ3n) is 4.25. The van der Waals surface area contributed by atoms with E-state index in [-0.39, 0.29) is 23.3 Å². The van der Waals surface area contributed by atoms with Crippen LogP contribution in [-0.4, -0.2) is 17.9 Å². The van der Waals surface area contributed by atoms with Gasteiger partial charge in [-0.05, 0) is 45.1 Å². The molecule has 0 aromatic carbocycles. The van der Waals surface area contributed by atoms with Gasteiger partial charge in [-0.15, -0.1) is 6.58 Å². The van der Waals surface area contributed by atoms with Crippen molar-refractivity contribution in [2.45, 2.75) is 58.5 Å². The SMILES string of the molecule is C=C(C)C[C@@]12CCC(=O)C=C1CCC[C@H]2OC(C)=O. The lowest BCUT2D eigenvalue weighted by Crippen LogP contribution is -2.45. The third kappa shape index (κ3) is 2.80. The van der Waals surface area contributed by atoms with Gasteiger partial charge in [0.05, 0.1) is 0 Å². The minimum absolute atomic E-state index is 0.102. The first-order valence-corrected chi connectivity index (χ1v) is 6.99. The molecule has 0 bridgehead atoms. The van der Waals surface area contributed by atoms with Crippen LogP contribution < -0.4 is 0 Å². The molecule has 0 N–H and O–H groups in total. The maximum atomic E-state index is 11.7. The van der Waals surface area contributed by atoms with Crippen LogP contribution in [-0.2, 0) is 14.3 Å². The average Bonchev–Trinajstić information content (AvgIpc) is 2.29. The molecule has 0 aromatic heterocycles. The van der Waals surface area contributed by atoms with Crippen LogP contribution in [0.15, 0.2) is 23.8 Å². The normalized spacial score (nSPS) is 30.3. The number of esters is 1. The van der Waals surface area contributed by atoms with Crippen LogP contribution in [0.5, 0.6) is 0 Å². The van der Waals surface area contributed by atoms with Crippen LogP contribution in [0, 0.1) is 5.41 Å². The van der Waals surface area contributed by atoms with Crippen molar-refractivity contribution in [2.75, 3.05) is 0 Å². The molecule has 104 valence electrons. The van der Waals surface area contributed by atoms with E-state index in [9.17, 15) is 9.59 Å². The van der Waals surface area contributed by atoms with Gasteiger partial charge in [0, 0.05) is 18.8 Å². The fourth-order valence-electron chi connectivity index (χ4n) is 3.59. The van der Waals surface area contributed by atoms with Crippen molar-refractivity contribution in [1.29, 1.82) is 0 Å². The van der Waals surface area contributed by atoms with Gasteiger partial charge in [-0.3, -0.25) is 9.59 Å². The maximum absolute atomic E-state index is 11.7. The van der Waals surface area contributed by atoms with Crippen LogP contribution >= 0.6 is 0 Å². The Hall–Kier alpha value is -1.38. The van der Waals surface area contributed by atoms with Gasteiger partial charge in [-0.2, -0.15) is 0 Å². The van der Waals surface area contributed by atoms with E-state index in [1.807, 2.05) is 6.92 Å². The summed E-state index contributed by atoms with van der Waals surface area (Å²) in [7, 11) is 0. The molecule has 0 radical (unpaired) electrons. The number of allylic oxidation sites excluding steroid dienone is 2. The molecule has 19 heavy (non-hydrogen) atoms. The summed E-state index contributed by atoms with van der Waals surface area (Å²) in [4.78, 5) is 23.0. The molecule has 1 saturated carbocycles. The van der Waals surface area contributed by atoms with Crippen LogP contribution in [0.3, 0.4) is 0 Å². The van der Waals surface area contributed by atoms with E-state index >= 15 is 0 Å². The summed E-state index contributed by atoms with van der Waals surface area (Å²) >= 11 is 0. The first-order valence-electron chi connectivity index (χ1n) is 6.99. The van der Waals surface area contributed by atoms with Crippen LogP contribution in [0.25, 0.3) is 0 Å². The van der Waals surface area contributed by atoms with Crippen molar-refractivity contribution in [2.24, 2.45) is 5.41 Å². The summed E-state index contributed by atoms with van der Waals surface area (Å²) in [6, 6.07) is 0. The number of ether oxygens (including phenoxy) is 1. The van der Waals surface area contributed by atoms with E-state index in [1.54, 1.807) is 6.08 Å². The first kappa shape index (κ1) is 14.0. The zero-order valence-corrected chi connectivity index (χ0v) is 11.8. The number of hydrogen-bond acceptors (Lipinski definition) is 3. The number of carbonyl (C=O) groups excluding carboxylic acids is 2. The van der Waals surface area contributed by atoms with Gasteiger partial charge < -0.3 is 4.74 Å². The summed E-state index contributed by atoms with van der Waals surface area (Å²) in [6.45, 7) is 7.48. The molecule has 3 heteroatoms. The summed E-state index contributed by atoms with van der Waals surface area (Å²) in [5, 5.41) is 0. The molecular weight excluding hydrogens is 240 g/mol. The Kier molecular flexibility index (Phi) is 3.93. The van der Waals surface area contributed by atoms with E-state index in [0.29, 0.717) is 6.42 Å². The monoisotopic (exact) mass is 262 g/mol. The van der Waals surface area contributed by atoms with Crippen molar-refractivity contribution in [3.05, 3.63) is 23.8 Å². The highest BCUT2D eigenvalue weighted by atomic mass is 16.5. The Labute approximate surface area is 114 Å². The number of fused-ring (bicyclic) bond motifs is 1. The van der Waals surface area contributed by atoms with Crippen LogP contribution in [0.4, 0.5) is 0 Å². The van der Waals surface area contributed by atoms with Crippen LogP contribution in [0.2, 0.25) is 0 Å². The topological polar surface area (TPSA) is 43.4 Å². The minimum Gasteiger partial charge on any atom is -0.462 e. The van der Waals surface area contributed by atoms with Crippen molar-refractivity contribution in [3.8, 4) is 0 Å². The van der Waals surface area contributed by atoms with Crippen molar-refractivity contribution in [1.82, 2.24) is 0 Å². The molecule has 0 spiro atoms. The highest BCUT2D eigenvalue weighted by Gasteiger charge is 2.47. The molecule has 0 aliphatic heterocycles. The second-order valence-electron chi connectivity index (χ2n) is 5.92. The minimum atomic E-state index is -0.232. The standard InChI is InChI=1S/C16H22O3/c1-11(2)10-16-8-7-14(18)9-13(16)5-4-6-15(16)19-12(3)17/h9,15H,1,4-8,10H2,2-3H3/t15-,16+/m1/s1. The van der Waals surface area contributed by atoms with Gasteiger partial charge >= 0.3 is 5.97 Å². The number of ketones is 1. The average molecular weight is 262 g/mol. The van der Waals surface area contributed by atoms with Gasteiger partial charge in [-0.25, -0.2) is 0 Å². The van der Waals surface area contributed by atoms with Gasteiger partial charge in [0.25, 0.3) is 0 Å². The molecule has 2 aliphatic rings. The number of rotatable bonds is 3. The number of hydrogen-bond donors (Lipinski definition) is 0. The first-order chi connectivity index (χ1) is 8.94. The fraction of sp³-hybridized carbons (Fsp3) is 0.625. The molecule has 0 unspecified atom stereocenters. The van der Waals surface area contributed by atoms with Gasteiger partial charge in [0.1, 0.15) is 6.10 Å². The highest BCUT2D eigenvalue weighted by molar-refractivity contribution is 5.91. The molecule has 2 rings (SSSR count). The van der Waals surface area contributed by atoms with Crippen molar-refractivity contribution in [3.63, 3.8) is 0 Å². The predicted molar refractivity (Wildman–Crippen MR) is 73.6 cm³/mol. The molecule has 0 aromatic rings. The van der Waals surface area contributed by atoms with Crippen molar-refractivity contribution < 1.29 is 14.3 Å². The molecule has 0 saturated heterocycles. The van der Waals surface area contributed by atoms with E-state index in [1.165, 1.54) is 12.5 Å². The van der Waals surface area contributed by atoms with Crippen molar-refractivity contribution >= 4 is 11.8 Å². The van der Waals surface area contributed by atoms with Gasteiger partial charge in [0.2, 0.25) is 0 Å². The molecule has 2 aliphatic carbocycles. The Morgan fingerprint density at radius 2 is 2.21 bits per heavy atom. The number of carbonyl (C=O) groups is 2. The van der Waals surface area contributed by atoms with Gasteiger partial charge in [0.15, 0.2) is 5.78 Å². The lowest BCUT2D eigenvalue weighted by atomic mass is 9.60. The summed E-state index contributed by atoms with van der Waals surface area (Å²) in [5.41, 5.74) is 2.08. The Bertz CT molecular complexity index is 447. The summed E-state index contributed by atoms with van der Waals surface area (Å²) in [5.74, 6) is -0.0277. The van der Waals surface area contributed by atoms with E-state index < -0.39 is 0 Å². The van der Waals surface area contributed by atoms with Crippen LogP contribution in [0.1, 0.15) is 52.4 Å². The zero-order chi connectivity index (χ0) is 14.0. The molecule has 1 fully saturated rings. The van der Waals surface area contributed by atoms with E-state index in [0.717, 1.165) is 37.7 Å². The quantitative estimate of drug-likeness (QED) is 0.578. The Morgan fingerprint density at radius 1 is 1.47 bits per heavy atom. The molecule has 0 amide bonds. The van der Waals surface area contributed by atoms with Gasteiger partial charge in [-0.1, -0.05) is 11.1 Å². The fourth-order valence-corrected chi connectivity index (χ4v) is 3.59. The lowest BCUT2D eigenvalue weighted by molar-refractivity contribution is -0.154. The maximum Gasteiger partial charge on any atom is 0.302 e. The third-order valence-corrected chi connectivity index (χ3v) is 4.25. The summed E-state index contributed by atoms with van der Waals surface area (Å²) in [6.07, 6.45) is 6.64. The zero-order valence-electron chi connectivity index (χ0n) is 11.8. The molecular formula is C16H22O3. The largest absolute Gasteiger partial charge is 0.462 e. The Balaban J connectivity index is 2.38. The second kappa shape index (κ2) is 5.32. The lowest BCUT2D eigenvalue weighted by Gasteiger charge is -2.47. The second-order valence-corrected chi connectivity index (χ2v) is 5.92. The summed E-state index contributed by atoms with van der Waals surface area (Å²) < 4.78 is 5.57.